The highest BCUT2D eigenvalue weighted by Crippen LogP contribution is 2.22. The Morgan fingerprint density at radius 1 is 1.03 bits per heavy atom. The van der Waals surface area contributed by atoms with E-state index in [9.17, 15) is 14.4 Å². The zero-order valence-corrected chi connectivity index (χ0v) is 17.7. The summed E-state index contributed by atoms with van der Waals surface area (Å²) < 4.78 is 4.78. The molecule has 1 atom stereocenters. The lowest BCUT2D eigenvalue weighted by atomic mass is 9.94. The average Bonchev–Trinajstić information content (AvgIpc) is 2.83. The minimum atomic E-state index is -0.436. The van der Waals surface area contributed by atoms with Crippen LogP contribution >= 0.6 is 0 Å². The molecule has 1 fully saturated rings. The number of nitrogens with one attached hydrogen (secondary N) is 1. The maximum atomic E-state index is 12.9. The van der Waals surface area contributed by atoms with E-state index in [0.717, 1.165) is 11.1 Å². The second-order valence-electron chi connectivity index (χ2n) is 7.60. The van der Waals surface area contributed by atoms with E-state index < -0.39 is 6.04 Å². The van der Waals surface area contributed by atoms with E-state index in [1.54, 1.807) is 17.1 Å². The van der Waals surface area contributed by atoms with E-state index in [1.807, 2.05) is 60.7 Å². The predicted octanol–water partition coefficient (Wildman–Crippen LogP) is 3.36. The van der Waals surface area contributed by atoms with Gasteiger partial charge in [0.1, 0.15) is 0 Å². The van der Waals surface area contributed by atoms with Crippen LogP contribution in [0.4, 0.5) is 0 Å². The van der Waals surface area contributed by atoms with Gasteiger partial charge in [-0.05, 0) is 30.0 Å². The van der Waals surface area contributed by atoms with E-state index in [4.69, 9.17) is 4.74 Å². The monoisotopic (exact) mass is 420 g/mol. The van der Waals surface area contributed by atoms with Gasteiger partial charge in [-0.3, -0.25) is 14.4 Å². The Morgan fingerprint density at radius 2 is 1.65 bits per heavy atom. The molecular formula is C25H28N2O4. The summed E-state index contributed by atoms with van der Waals surface area (Å²) in [6, 6.07) is 18.6. The molecule has 1 N–H and O–H groups in total. The number of nitrogens with zero attached hydrogens (tertiary/aromatic N) is 1. The Labute approximate surface area is 182 Å². The summed E-state index contributed by atoms with van der Waals surface area (Å²) in [5.41, 5.74) is 1.84. The number of methoxy groups -OCH3 is 1. The lowest BCUT2D eigenvalue weighted by Gasteiger charge is -2.31. The molecule has 0 radical (unpaired) electrons. The zero-order valence-electron chi connectivity index (χ0n) is 17.7. The van der Waals surface area contributed by atoms with Gasteiger partial charge >= 0.3 is 5.97 Å². The zero-order chi connectivity index (χ0) is 22.1. The van der Waals surface area contributed by atoms with Crippen molar-refractivity contribution in [2.24, 2.45) is 5.92 Å². The Hall–Kier alpha value is -3.41. The van der Waals surface area contributed by atoms with Crippen molar-refractivity contribution < 1.29 is 19.1 Å². The predicted molar refractivity (Wildman–Crippen MR) is 119 cm³/mol. The molecule has 6 heteroatoms. The van der Waals surface area contributed by atoms with Crippen LogP contribution in [-0.2, 0) is 19.1 Å². The Balaban J connectivity index is 1.54. The molecule has 6 nitrogen and oxygen atoms in total. The van der Waals surface area contributed by atoms with Gasteiger partial charge < -0.3 is 15.0 Å². The largest absolute Gasteiger partial charge is 0.469 e. The van der Waals surface area contributed by atoms with Crippen LogP contribution in [0.25, 0.3) is 6.08 Å². The molecule has 1 aliphatic heterocycles. The molecule has 0 aromatic heterocycles. The number of piperidine rings is 1. The quantitative estimate of drug-likeness (QED) is 0.551. The molecule has 31 heavy (non-hydrogen) atoms. The second-order valence-corrected chi connectivity index (χ2v) is 7.60. The summed E-state index contributed by atoms with van der Waals surface area (Å²) in [5.74, 6) is -0.703. The van der Waals surface area contributed by atoms with Gasteiger partial charge in [-0.1, -0.05) is 60.7 Å². The van der Waals surface area contributed by atoms with E-state index >= 15 is 0 Å². The van der Waals surface area contributed by atoms with Crippen molar-refractivity contribution in [2.45, 2.75) is 25.3 Å². The van der Waals surface area contributed by atoms with E-state index in [0.29, 0.717) is 25.9 Å². The molecule has 0 aliphatic carbocycles. The van der Waals surface area contributed by atoms with Gasteiger partial charge in [0.05, 0.1) is 19.6 Å². The van der Waals surface area contributed by atoms with Gasteiger partial charge in [0.25, 0.3) is 0 Å². The fourth-order valence-corrected chi connectivity index (χ4v) is 3.68. The second kappa shape index (κ2) is 11.1. The molecule has 1 saturated heterocycles. The number of amides is 2. The van der Waals surface area contributed by atoms with Crippen molar-refractivity contribution in [1.29, 1.82) is 0 Å². The maximum absolute atomic E-state index is 12.9. The van der Waals surface area contributed by atoms with E-state index in [2.05, 4.69) is 5.32 Å². The highest BCUT2D eigenvalue weighted by atomic mass is 16.5. The summed E-state index contributed by atoms with van der Waals surface area (Å²) in [7, 11) is 1.34. The molecule has 1 unspecified atom stereocenters. The summed E-state index contributed by atoms with van der Waals surface area (Å²) in [6.07, 6.45) is 4.65. The first kappa shape index (κ1) is 22.3. The van der Waals surface area contributed by atoms with Gasteiger partial charge in [0.2, 0.25) is 11.8 Å². The number of carbonyl (C=O) groups excluding carboxylic acids is 3. The van der Waals surface area contributed by atoms with Crippen LogP contribution in [0.1, 0.15) is 36.4 Å². The van der Waals surface area contributed by atoms with Crippen molar-refractivity contribution in [3.05, 3.63) is 77.9 Å². The first-order chi connectivity index (χ1) is 15.1. The van der Waals surface area contributed by atoms with Crippen LogP contribution in [0.2, 0.25) is 0 Å². The topological polar surface area (TPSA) is 75.7 Å². The molecular weight excluding hydrogens is 392 g/mol. The molecule has 2 amide bonds. The fourth-order valence-electron chi connectivity index (χ4n) is 3.68. The van der Waals surface area contributed by atoms with Gasteiger partial charge in [-0.2, -0.15) is 0 Å². The molecule has 0 saturated carbocycles. The third-order valence-corrected chi connectivity index (χ3v) is 5.51. The molecule has 3 rings (SSSR count). The third kappa shape index (κ3) is 6.54. The highest BCUT2D eigenvalue weighted by molar-refractivity contribution is 5.92. The fraction of sp³-hybridized carbons (Fsp3) is 0.320. The Kier molecular flexibility index (Phi) is 7.98. The van der Waals surface area contributed by atoms with Crippen LogP contribution in [0, 0.1) is 5.92 Å². The lowest BCUT2D eigenvalue weighted by molar-refractivity contribution is -0.141. The Morgan fingerprint density at radius 3 is 2.26 bits per heavy atom. The first-order valence-corrected chi connectivity index (χ1v) is 10.5. The molecule has 2 aromatic rings. The van der Waals surface area contributed by atoms with Crippen LogP contribution in [0.15, 0.2) is 66.7 Å². The smallest absolute Gasteiger partial charge is 0.307 e. The summed E-state index contributed by atoms with van der Waals surface area (Å²) >= 11 is 0. The summed E-state index contributed by atoms with van der Waals surface area (Å²) in [5, 5.41) is 3.00. The SMILES string of the molecule is COC(=O)CC(NC(=O)C1CCN(C(=O)/C=C/c2ccccc2)CC1)c1ccccc1. The summed E-state index contributed by atoms with van der Waals surface area (Å²) in [4.78, 5) is 38.9. The molecule has 2 aromatic carbocycles. The van der Waals surface area contributed by atoms with Gasteiger partial charge in [0, 0.05) is 25.1 Å². The number of hydrogen-bond acceptors (Lipinski definition) is 4. The number of ether oxygens (including phenoxy) is 1. The van der Waals surface area contributed by atoms with Gasteiger partial charge in [-0.25, -0.2) is 0 Å². The molecule has 162 valence electrons. The van der Waals surface area contributed by atoms with Crippen molar-refractivity contribution in [3.63, 3.8) is 0 Å². The number of likely N-dealkylation sites (tertiary alicyclic amines) is 1. The van der Waals surface area contributed by atoms with Crippen molar-refractivity contribution in [2.75, 3.05) is 20.2 Å². The first-order valence-electron chi connectivity index (χ1n) is 10.5. The number of hydrogen-bond donors (Lipinski definition) is 1. The molecule has 0 bridgehead atoms. The van der Waals surface area contributed by atoms with Crippen LogP contribution in [-0.4, -0.2) is 42.9 Å². The van der Waals surface area contributed by atoms with Crippen molar-refractivity contribution in [3.8, 4) is 0 Å². The van der Waals surface area contributed by atoms with Crippen molar-refractivity contribution in [1.82, 2.24) is 10.2 Å². The third-order valence-electron chi connectivity index (χ3n) is 5.51. The maximum Gasteiger partial charge on any atom is 0.307 e. The van der Waals surface area contributed by atoms with E-state index in [1.165, 1.54) is 7.11 Å². The van der Waals surface area contributed by atoms with Crippen LogP contribution < -0.4 is 5.32 Å². The van der Waals surface area contributed by atoms with Crippen molar-refractivity contribution >= 4 is 23.9 Å². The van der Waals surface area contributed by atoms with Gasteiger partial charge in [-0.15, -0.1) is 0 Å². The number of carbonyl (C=O) groups is 3. The number of rotatable bonds is 7. The molecule has 0 spiro atoms. The van der Waals surface area contributed by atoms with Gasteiger partial charge in [0.15, 0.2) is 0 Å². The number of esters is 1. The summed E-state index contributed by atoms with van der Waals surface area (Å²) in [6.45, 7) is 1.06. The normalized spacial score (nSPS) is 15.5. The Bertz CT molecular complexity index is 904. The molecule has 1 heterocycles. The number of benzene rings is 2. The average molecular weight is 421 g/mol. The standard InChI is InChI=1S/C25H28N2O4/c1-31-24(29)18-22(20-10-6-3-7-11-20)26-25(30)21-14-16-27(17-15-21)23(28)13-12-19-8-4-2-5-9-19/h2-13,21-22H,14-18H2,1H3,(H,26,30)/b13-12+. The molecule has 1 aliphatic rings. The van der Waals surface area contributed by atoms with Crippen LogP contribution in [0.3, 0.4) is 0 Å². The van der Waals surface area contributed by atoms with Crippen LogP contribution in [0.5, 0.6) is 0 Å². The minimum Gasteiger partial charge on any atom is -0.469 e. The highest BCUT2D eigenvalue weighted by Gasteiger charge is 2.29. The minimum absolute atomic E-state index is 0.0458. The lowest BCUT2D eigenvalue weighted by Crippen LogP contribution is -2.43. The van der Waals surface area contributed by atoms with E-state index in [-0.39, 0.29) is 30.1 Å².